The standard InChI is InChI=1S/C15H15ClF2N2O/c16-11-2-4-13(5-3-11)21-9-12(20-19)7-10-1-6-14(17)15(18)8-10/h1-6,8,12,20H,7,9,19H2. The molecule has 0 saturated heterocycles. The Bertz CT molecular complexity index is 593. The number of benzene rings is 2. The first-order chi connectivity index (χ1) is 10.1. The van der Waals surface area contributed by atoms with E-state index in [1.807, 2.05) is 0 Å². The second kappa shape index (κ2) is 7.36. The molecule has 0 saturated carbocycles. The molecule has 2 aromatic rings. The smallest absolute Gasteiger partial charge is 0.159 e. The van der Waals surface area contributed by atoms with Crippen LogP contribution in [-0.2, 0) is 6.42 Å². The highest BCUT2D eigenvalue weighted by Gasteiger charge is 2.11. The van der Waals surface area contributed by atoms with Gasteiger partial charge in [-0.15, -0.1) is 0 Å². The van der Waals surface area contributed by atoms with Gasteiger partial charge in [-0.05, 0) is 48.4 Å². The molecule has 0 bridgehead atoms. The van der Waals surface area contributed by atoms with Gasteiger partial charge < -0.3 is 4.74 Å². The van der Waals surface area contributed by atoms with Gasteiger partial charge in [-0.2, -0.15) is 0 Å². The fourth-order valence-corrected chi connectivity index (χ4v) is 1.97. The van der Waals surface area contributed by atoms with E-state index in [1.165, 1.54) is 6.07 Å². The lowest BCUT2D eigenvalue weighted by atomic mass is 10.1. The van der Waals surface area contributed by atoms with Gasteiger partial charge in [0.15, 0.2) is 11.6 Å². The van der Waals surface area contributed by atoms with Crippen molar-refractivity contribution in [1.82, 2.24) is 5.43 Å². The Morgan fingerprint density at radius 2 is 1.81 bits per heavy atom. The van der Waals surface area contributed by atoms with Crippen molar-refractivity contribution in [2.45, 2.75) is 12.5 Å². The average molecular weight is 313 g/mol. The Hall–Kier alpha value is -1.69. The first-order valence-electron chi connectivity index (χ1n) is 6.37. The van der Waals surface area contributed by atoms with Crippen LogP contribution in [0.2, 0.25) is 5.02 Å². The third kappa shape index (κ3) is 4.67. The van der Waals surface area contributed by atoms with Gasteiger partial charge in [0, 0.05) is 5.02 Å². The minimum absolute atomic E-state index is 0.231. The van der Waals surface area contributed by atoms with E-state index >= 15 is 0 Å². The molecule has 6 heteroatoms. The Labute approximate surface area is 126 Å². The predicted octanol–water partition coefficient (Wildman–Crippen LogP) is 3.07. The molecule has 0 spiro atoms. The Morgan fingerprint density at radius 1 is 1.10 bits per heavy atom. The zero-order valence-corrected chi connectivity index (χ0v) is 11.9. The highest BCUT2D eigenvalue weighted by atomic mass is 35.5. The normalized spacial score (nSPS) is 12.2. The largest absolute Gasteiger partial charge is 0.492 e. The minimum atomic E-state index is -0.873. The highest BCUT2D eigenvalue weighted by Crippen LogP contribution is 2.16. The molecule has 0 aliphatic heterocycles. The number of hydrogen-bond donors (Lipinski definition) is 2. The van der Waals surface area contributed by atoms with Crippen LogP contribution in [0.5, 0.6) is 5.75 Å². The lowest BCUT2D eigenvalue weighted by Crippen LogP contribution is -2.41. The summed E-state index contributed by atoms with van der Waals surface area (Å²) in [6.07, 6.45) is 0.418. The van der Waals surface area contributed by atoms with E-state index in [1.54, 1.807) is 24.3 Å². The first-order valence-corrected chi connectivity index (χ1v) is 6.74. The number of rotatable bonds is 6. The number of nitrogens with two attached hydrogens (primary N) is 1. The van der Waals surface area contributed by atoms with Gasteiger partial charge in [0.25, 0.3) is 0 Å². The van der Waals surface area contributed by atoms with Crippen LogP contribution in [-0.4, -0.2) is 12.6 Å². The molecule has 1 atom stereocenters. The zero-order valence-electron chi connectivity index (χ0n) is 11.2. The van der Waals surface area contributed by atoms with Gasteiger partial charge >= 0.3 is 0 Å². The summed E-state index contributed by atoms with van der Waals surface area (Å²) in [6, 6.07) is 10.5. The van der Waals surface area contributed by atoms with Gasteiger partial charge in [-0.3, -0.25) is 11.3 Å². The topological polar surface area (TPSA) is 47.3 Å². The summed E-state index contributed by atoms with van der Waals surface area (Å²) in [5.74, 6) is 4.37. The van der Waals surface area contributed by atoms with Crippen LogP contribution in [0.3, 0.4) is 0 Å². The Kier molecular flexibility index (Phi) is 5.50. The van der Waals surface area contributed by atoms with Crippen molar-refractivity contribution < 1.29 is 13.5 Å². The molecule has 3 N–H and O–H groups in total. The van der Waals surface area contributed by atoms with E-state index < -0.39 is 11.6 Å². The van der Waals surface area contributed by atoms with E-state index in [4.69, 9.17) is 22.2 Å². The summed E-state index contributed by atoms with van der Waals surface area (Å²) in [6.45, 7) is 0.289. The van der Waals surface area contributed by atoms with Crippen molar-refractivity contribution in [2.24, 2.45) is 5.84 Å². The van der Waals surface area contributed by atoms with Crippen LogP contribution in [0, 0.1) is 11.6 Å². The van der Waals surface area contributed by atoms with Crippen LogP contribution in [0.1, 0.15) is 5.56 Å². The third-order valence-electron chi connectivity index (χ3n) is 2.97. The van der Waals surface area contributed by atoms with Crippen molar-refractivity contribution in [3.05, 3.63) is 64.7 Å². The number of ether oxygens (including phenoxy) is 1. The molecular weight excluding hydrogens is 298 g/mol. The molecule has 0 aliphatic carbocycles. The van der Waals surface area contributed by atoms with E-state index in [0.29, 0.717) is 22.8 Å². The fraction of sp³-hybridized carbons (Fsp3) is 0.200. The Balaban J connectivity index is 1.93. The molecule has 2 rings (SSSR count). The fourth-order valence-electron chi connectivity index (χ4n) is 1.84. The maximum atomic E-state index is 13.2. The van der Waals surface area contributed by atoms with Gasteiger partial charge in [0.1, 0.15) is 12.4 Å². The quantitative estimate of drug-likeness (QED) is 0.636. The molecule has 112 valence electrons. The molecule has 2 aromatic carbocycles. The second-order valence-corrected chi connectivity index (χ2v) is 5.02. The predicted molar refractivity (Wildman–Crippen MR) is 78.1 cm³/mol. The van der Waals surface area contributed by atoms with Crippen LogP contribution in [0.15, 0.2) is 42.5 Å². The molecule has 3 nitrogen and oxygen atoms in total. The van der Waals surface area contributed by atoms with Gasteiger partial charge in [0.2, 0.25) is 0 Å². The molecule has 0 amide bonds. The first kappa shape index (κ1) is 15.7. The van der Waals surface area contributed by atoms with E-state index in [0.717, 1.165) is 12.1 Å². The van der Waals surface area contributed by atoms with Crippen LogP contribution in [0.25, 0.3) is 0 Å². The molecule has 21 heavy (non-hydrogen) atoms. The van der Waals surface area contributed by atoms with Gasteiger partial charge in [-0.25, -0.2) is 8.78 Å². The average Bonchev–Trinajstić information content (AvgIpc) is 2.49. The Morgan fingerprint density at radius 3 is 2.43 bits per heavy atom. The number of nitrogens with one attached hydrogen (secondary N) is 1. The highest BCUT2D eigenvalue weighted by molar-refractivity contribution is 6.30. The maximum absolute atomic E-state index is 13.2. The SMILES string of the molecule is NNC(COc1ccc(Cl)cc1)Cc1ccc(F)c(F)c1. The van der Waals surface area contributed by atoms with E-state index in [-0.39, 0.29) is 12.6 Å². The lowest BCUT2D eigenvalue weighted by Gasteiger charge is -2.17. The summed E-state index contributed by atoms with van der Waals surface area (Å²) in [7, 11) is 0. The molecular formula is C15H15ClF2N2O. The van der Waals surface area contributed by atoms with Gasteiger partial charge in [-0.1, -0.05) is 17.7 Å². The van der Waals surface area contributed by atoms with Gasteiger partial charge in [0.05, 0.1) is 6.04 Å². The zero-order chi connectivity index (χ0) is 15.2. The van der Waals surface area contributed by atoms with Crippen molar-refractivity contribution in [1.29, 1.82) is 0 Å². The number of hydrogen-bond acceptors (Lipinski definition) is 3. The summed E-state index contributed by atoms with van der Waals surface area (Å²) in [5, 5.41) is 0.623. The summed E-state index contributed by atoms with van der Waals surface area (Å²) in [4.78, 5) is 0. The van der Waals surface area contributed by atoms with Crippen LogP contribution in [0.4, 0.5) is 8.78 Å². The van der Waals surface area contributed by atoms with Crippen molar-refractivity contribution >= 4 is 11.6 Å². The van der Waals surface area contributed by atoms with Crippen molar-refractivity contribution in [2.75, 3.05) is 6.61 Å². The second-order valence-electron chi connectivity index (χ2n) is 4.58. The molecule has 0 fully saturated rings. The monoisotopic (exact) mass is 312 g/mol. The van der Waals surface area contributed by atoms with E-state index in [9.17, 15) is 8.78 Å². The van der Waals surface area contributed by atoms with Crippen molar-refractivity contribution in [3.63, 3.8) is 0 Å². The summed E-state index contributed by atoms with van der Waals surface area (Å²) < 4.78 is 31.6. The number of halogens is 3. The molecule has 0 heterocycles. The van der Waals surface area contributed by atoms with Crippen LogP contribution < -0.4 is 16.0 Å². The van der Waals surface area contributed by atoms with E-state index in [2.05, 4.69) is 5.43 Å². The lowest BCUT2D eigenvalue weighted by molar-refractivity contribution is 0.264. The number of hydrazine groups is 1. The summed E-state index contributed by atoms with van der Waals surface area (Å²) in [5.41, 5.74) is 3.23. The maximum Gasteiger partial charge on any atom is 0.159 e. The molecule has 0 radical (unpaired) electrons. The minimum Gasteiger partial charge on any atom is -0.492 e. The molecule has 0 aromatic heterocycles. The van der Waals surface area contributed by atoms with Crippen molar-refractivity contribution in [3.8, 4) is 5.75 Å². The third-order valence-corrected chi connectivity index (χ3v) is 3.22. The molecule has 1 unspecified atom stereocenters. The van der Waals surface area contributed by atoms with Crippen LogP contribution >= 0.6 is 11.6 Å². The molecule has 0 aliphatic rings. The summed E-state index contributed by atoms with van der Waals surface area (Å²) >= 11 is 5.78.